The summed E-state index contributed by atoms with van der Waals surface area (Å²) in [5.74, 6) is -0.0389. The van der Waals surface area contributed by atoms with Crippen LogP contribution >= 0.6 is 0 Å². The first-order valence-corrected chi connectivity index (χ1v) is 4.65. The van der Waals surface area contributed by atoms with Gasteiger partial charge in [-0.2, -0.15) is 0 Å². The van der Waals surface area contributed by atoms with Crippen LogP contribution in [0.15, 0.2) is 0 Å². The van der Waals surface area contributed by atoms with Gasteiger partial charge in [0.25, 0.3) is 0 Å². The van der Waals surface area contributed by atoms with Crippen molar-refractivity contribution in [3.8, 4) is 0 Å². The van der Waals surface area contributed by atoms with Crippen LogP contribution in [0.4, 0.5) is 0 Å². The fourth-order valence-electron chi connectivity index (χ4n) is 2.07. The van der Waals surface area contributed by atoms with Crippen molar-refractivity contribution in [2.45, 2.75) is 19.3 Å². The van der Waals surface area contributed by atoms with E-state index in [1.165, 1.54) is 0 Å². The van der Waals surface area contributed by atoms with Crippen molar-refractivity contribution >= 4 is 11.7 Å². The van der Waals surface area contributed by atoms with Crippen molar-refractivity contribution in [1.29, 1.82) is 0 Å². The van der Waals surface area contributed by atoms with E-state index in [0.717, 1.165) is 0 Å². The van der Waals surface area contributed by atoms with Gasteiger partial charge in [0.15, 0.2) is 5.78 Å². The number of hydrogen-bond donors (Lipinski definition) is 1. The zero-order valence-electron chi connectivity index (χ0n) is 7.47. The van der Waals surface area contributed by atoms with Crippen LogP contribution in [0, 0.1) is 5.41 Å². The van der Waals surface area contributed by atoms with Crippen molar-refractivity contribution in [2.75, 3.05) is 19.8 Å². The predicted molar refractivity (Wildman–Crippen MR) is 45.1 cm³/mol. The number of ketones is 1. The molecule has 2 heterocycles. The number of Topliss-reactive ketones (excluding diaryl/α,β-unsaturated/α-hetero) is 1. The first-order chi connectivity index (χ1) is 6.26. The molecule has 2 fully saturated rings. The summed E-state index contributed by atoms with van der Waals surface area (Å²) >= 11 is 0. The van der Waals surface area contributed by atoms with Gasteiger partial charge in [-0.05, 0) is 12.8 Å². The lowest BCUT2D eigenvalue weighted by Crippen LogP contribution is -2.38. The van der Waals surface area contributed by atoms with E-state index in [1.54, 1.807) is 0 Å². The van der Waals surface area contributed by atoms with E-state index >= 15 is 0 Å². The van der Waals surface area contributed by atoms with Crippen LogP contribution in [0.25, 0.3) is 0 Å². The zero-order chi connectivity index (χ0) is 9.31. The Hall–Kier alpha value is -0.900. The molecule has 13 heavy (non-hydrogen) atoms. The summed E-state index contributed by atoms with van der Waals surface area (Å²) in [6, 6.07) is 0. The number of rotatable bonds is 0. The second-order valence-electron chi connectivity index (χ2n) is 3.62. The van der Waals surface area contributed by atoms with Gasteiger partial charge in [-0.1, -0.05) is 0 Å². The van der Waals surface area contributed by atoms with E-state index < -0.39 is 5.41 Å². The number of ether oxygens (including phenoxy) is 1. The highest BCUT2D eigenvalue weighted by molar-refractivity contribution is 6.07. The Balaban J connectivity index is 2.26. The van der Waals surface area contributed by atoms with Crippen molar-refractivity contribution < 1.29 is 14.3 Å². The van der Waals surface area contributed by atoms with Crippen LogP contribution in [0.5, 0.6) is 0 Å². The monoisotopic (exact) mass is 183 g/mol. The van der Waals surface area contributed by atoms with Crippen molar-refractivity contribution in [2.24, 2.45) is 5.41 Å². The molecule has 0 aromatic heterocycles. The first-order valence-electron chi connectivity index (χ1n) is 4.65. The molecule has 2 saturated heterocycles. The number of nitrogens with one attached hydrogen (secondary N) is 1. The van der Waals surface area contributed by atoms with Crippen molar-refractivity contribution in [3.05, 3.63) is 0 Å². The quantitative estimate of drug-likeness (QED) is 0.532. The molecule has 1 spiro atoms. The van der Waals surface area contributed by atoms with E-state index in [0.29, 0.717) is 39.0 Å². The van der Waals surface area contributed by atoms with Gasteiger partial charge in [0.05, 0.1) is 6.61 Å². The number of hydrogen-bond acceptors (Lipinski definition) is 3. The molecule has 1 unspecified atom stereocenters. The largest absolute Gasteiger partial charge is 0.381 e. The first kappa shape index (κ1) is 8.69. The van der Waals surface area contributed by atoms with Crippen molar-refractivity contribution in [1.82, 2.24) is 5.32 Å². The molecule has 2 rings (SSSR count). The maximum Gasteiger partial charge on any atom is 0.233 e. The van der Waals surface area contributed by atoms with Crippen LogP contribution in [0.3, 0.4) is 0 Å². The molecule has 72 valence electrons. The van der Waals surface area contributed by atoms with E-state index in [9.17, 15) is 9.59 Å². The maximum atomic E-state index is 11.7. The highest BCUT2D eigenvalue weighted by Gasteiger charge is 2.48. The molecule has 0 bridgehead atoms. The van der Waals surface area contributed by atoms with Crippen LogP contribution in [-0.4, -0.2) is 31.4 Å². The van der Waals surface area contributed by atoms with Crippen molar-refractivity contribution in [3.63, 3.8) is 0 Å². The van der Waals surface area contributed by atoms with Gasteiger partial charge in [-0.3, -0.25) is 9.59 Å². The molecule has 0 aromatic carbocycles. The molecule has 2 aliphatic rings. The third-order valence-corrected chi connectivity index (χ3v) is 2.95. The molecular weight excluding hydrogens is 170 g/mol. The third kappa shape index (κ3) is 1.25. The fraction of sp³-hybridized carbons (Fsp3) is 0.778. The molecule has 1 N–H and O–H groups in total. The minimum absolute atomic E-state index is 0.0556. The Kier molecular flexibility index (Phi) is 2.07. The maximum absolute atomic E-state index is 11.7. The van der Waals surface area contributed by atoms with Gasteiger partial charge >= 0.3 is 0 Å². The highest BCUT2D eigenvalue weighted by Crippen LogP contribution is 2.34. The third-order valence-electron chi connectivity index (χ3n) is 2.95. The molecular formula is C9H13NO3. The molecule has 0 aromatic rings. The van der Waals surface area contributed by atoms with E-state index in [2.05, 4.69) is 5.32 Å². The van der Waals surface area contributed by atoms with E-state index in [4.69, 9.17) is 4.74 Å². The summed E-state index contributed by atoms with van der Waals surface area (Å²) < 4.78 is 5.20. The summed E-state index contributed by atoms with van der Waals surface area (Å²) in [5, 5.41) is 2.72. The number of carbonyl (C=O) groups is 2. The number of amides is 1. The minimum atomic E-state index is -0.740. The normalized spacial score (nSPS) is 34.8. The Bertz CT molecular complexity index is 251. The summed E-state index contributed by atoms with van der Waals surface area (Å²) in [5.41, 5.74) is -0.740. The average molecular weight is 183 g/mol. The highest BCUT2D eigenvalue weighted by atomic mass is 16.5. The Labute approximate surface area is 76.6 Å². The van der Waals surface area contributed by atoms with Crippen LogP contribution in [0.2, 0.25) is 0 Å². The molecule has 0 aliphatic carbocycles. The summed E-state index contributed by atoms with van der Waals surface area (Å²) in [6.45, 7) is 1.62. The van der Waals surface area contributed by atoms with Gasteiger partial charge in [-0.25, -0.2) is 0 Å². The average Bonchev–Trinajstić information content (AvgIpc) is 2.36. The molecule has 0 radical (unpaired) electrons. The summed E-state index contributed by atoms with van der Waals surface area (Å²) in [4.78, 5) is 23.2. The van der Waals surface area contributed by atoms with E-state index in [1.807, 2.05) is 0 Å². The standard InChI is InChI=1S/C9H13NO3/c11-7-1-5-13-6-3-9(7)2-4-10-8(9)12/h1-6H2,(H,10,12). The molecule has 2 aliphatic heterocycles. The molecule has 1 atom stereocenters. The molecule has 0 saturated carbocycles. The fourth-order valence-corrected chi connectivity index (χ4v) is 2.07. The van der Waals surface area contributed by atoms with Crippen LogP contribution in [0.1, 0.15) is 19.3 Å². The second kappa shape index (κ2) is 3.10. The summed E-state index contributed by atoms with van der Waals surface area (Å²) in [6.07, 6.45) is 1.58. The lowest BCUT2D eigenvalue weighted by atomic mass is 9.78. The lowest BCUT2D eigenvalue weighted by Gasteiger charge is -2.20. The predicted octanol–water partition coefficient (Wildman–Crippen LogP) is -0.128. The van der Waals surface area contributed by atoms with Gasteiger partial charge in [-0.15, -0.1) is 0 Å². The van der Waals surface area contributed by atoms with E-state index in [-0.39, 0.29) is 11.7 Å². The molecule has 4 heteroatoms. The minimum Gasteiger partial charge on any atom is -0.381 e. The SMILES string of the molecule is O=C1CCOCCC12CCNC2=O. The van der Waals surface area contributed by atoms with Crippen LogP contribution < -0.4 is 5.32 Å². The van der Waals surface area contributed by atoms with Gasteiger partial charge in [0.2, 0.25) is 5.91 Å². The Morgan fingerprint density at radius 2 is 2.08 bits per heavy atom. The lowest BCUT2D eigenvalue weighted by molar-refractivity contribution is -0.139. The van der Waals surface area contributed by atoms with Gasteiger partial charge in [0, 0.05) is 19.6 Å². The van der Waals surface area contributed by atoms with Crippen LogP contribution in [-0.2, 0) is 14.3 Å². The second-order valence-corrected chi connectivity index (χ2v) is 3.62. The number of carbonyl (C=O) groups excluding carboxylic acids is 2. The molecule has 4 nitrogen and oxygen atoms in total. The van der Waals surface area contributed by atoms with Gasteiger partial charge < -0.3 is 10.1 Å². The molecule has 1 amide bonds. The topological polar surface area (TPSA) is 55.4 Å². The van der Waals surface area contributed by atoms with Gasteiger partial charge in [0.1, 0.15) is 5.41 Å². The Morgan fingerprint density at radius 3 is 2.77 bits per heavy atom. The summed E-state index contributed by atoms with van der Waals surface area (Å²) in [7, 11) is 0. The smallest absolute Gasteiger partial charge is 0.233 e. The Morgan fingerprint density at radius 1 is 1.23 bits per heavy atom. The zero-order valence-corrected chi connectivity index (χ0v) is 7.47.